The molecule has 0 spiro atoms. The predicted octanol–water partition coefficient (Wildman–Crippen LogP) is 9.12. The Morgan fingerprint density at radius 3 is 2.31 bits per heavy atom. The van der Waals surface area contributed by atoms with Crippen LogP contribution in [-0.4, -0.2) is 101 Å². The summed E-state index contributed by atoms with van der Waals surface area (Å²) in [5.74, 6) is 5.31. The van der Waals surface area contributed by atoms with E-state index >= 15 is 0 Å². The maximum absolute atomic E-state index is 14.1. The van der Waals surface area contributed by atoms with Crippen LogP contribution in [-0.2, 0) is 24.0 Å². The minimum absolute atomic E-state index is 0.0232. The lowest BCUT2D eigenvalue weighted by molar-refractivity contribution is -0.273. The molecule has 4 aromatic rings. The van der Waals surface area contributed by atoms with Crippen molar-refractivity contribution >= 4 is 52.3 Å². The lowest BCUT2D eigenvalue weighted by Crippen LogP contribution is -2.75. The Bertz CT molecular complexity index is 2610. The Kier molecular flexibility index (Phi) is 17.2. The van der Waals surface area contributed by atoms with Crippen LogP contribution in [0.25, 0.3) is 15.3 Å². The molecule has 70 heavy (non-hydrogen) atoms. The summed E-state index contributed by atoms with van der Waals surface area (Å²) in [4.78, 5) is 70.6. The molecule has 2 fully saturated rings. The van der Waals surface area contributed by atoms with Crippen molar-refractivity contribution in [3.05, 3.63) is 111 Å². The fraction of sp³-hybridized carbons (Fsp3) is 0.481. The van der Waals surface area contributed by atoms with Crippen LogP contribution >= 0.6 is 22.9 Å². The van der Waals surface area contributed by atoms with E-state index in [4.69, 9.17) is 32.5 Å². The van der Waals surface area contributed by atoms with Gasteiger partial charge < -0.3 is 30.1 Å². The van der Waals surface area contributed by atoms with Gasteiger partial charge in [-0.1, -0.05) is 102 Å². The number of likely N-dealkylation sites (tertiary alicyclic amines) is 1. The third kappa shape index (κ3) is 12.2. The number of aliphatic hydroxyl groups excluding tert-OH is 1. The summed E-state index contributed by atoms with van der Waals surface area (Å²) in [5.41, 5.74) is 4.57. The molecule has 1 aromatic heterocycles. The standard InChI is InChI=1S/C54H65ClN6O8S/c1-33(36-21-23-37(24-22-36)45-34(2)57-32-70-45)58-47(64)43-28-39(62)30-60(43)49(66)46(52(3,4)5)59-44(63)31-68-27-15-13-12-14-16-35-17-19-38(20-18-35)48(65)61(67-11)50-53(6,7)51(54(50,8)9)69-40-25-26-42(56-10)41(55)29-40/h17-26,29,32-33,39,43,46,50-51,62H,12-13,15,27-28,30-31H2,1-9,11H3,(H,58,64)(H,59,63)/t33-,39?,43?,46+,50?,51?/m0/s1. The highest BCUT2D eigenvalue weighted by Crippen LogP contribution is 2.58. The van der Waals surface area contributed by atoms with Crippen molar-refractivity contribution in [3.8, 4) is 28.0 Å². The van der Waals surface area contributed by atoms with Gasteiger partial charge in [0.15, 0.2) is 0 Å². The number of aryl methyl sites for hydroxylation is 1. The van der Waals surface area contributed by atoms with Gasteiger partial charge in [0.1, 0.15) is 30.5 Å². The highest BCUT2D eigenvalue weighted by atomic mass is 35.5. The average Bonchev–Trinajstić information content (AvgIpc) is 3.94. The first kappa shape index (κ1) is 53.5. The fourth-order valence-electron chi connectivity index (χ4n) is 9.90. The lowest BCUT2D eigenvalue weighted by atomic mass is 9.49. The van der Waals surface area contributed by atoms with E-state index in [1.54, 1.807) is 53.8 Å². The van der Waals surface area contributed by atoms with Gasteiger partial charge in [0.05, 0.1) is 53.0 Å². The monoisotopic (exact) mass is 992 g/mol. The number of amides is 4. The molecular formula is C54H65ClN6O8S. The number of thiazole rings is 1. The Morgan fingerprint density at radius 1 is 1.03 bits per heavy atom. The van der Waals surface area contributed by atoms with E-state index in [1.807, 2.05) is 92.1 Å². The Labute approximate surface area is 421 Å². The fourth-order valence-corrected chi connectivity index (χ4v) is 10.9. The van der Waals surface area contributed by atoms with Crippen molar-refractivity contribution in [3.63, 3.8) is 0 Å². The van der Waals surface area contributed by atoms with Crippen molar-refractivity contribution in [1.82, 2.24) is 25.6 Å². The number of hydrogen-bond donors (Lipinski definition) is 3. The highest BCUT2D eigenvalue weighted by molar-refractivity contribution is 7.13. The molecular weight excluding hydrogens is 928 g/mol. The van der Waals surface area contributed by atoms with Crippen molar-refractivity contribution < 1.29 is 38.6 Å². The molecule has 3 N–H and O–H groups in total. The molecule has 4 atom stereocenters. The van der Waals surface area contributed by atoms with Crippen LogP contribution in [0.15, 0.2) is 72.2 Å². The van der Waals surface area contributed by atoms with Gasteiger partial charge in [-0.3, -0.25) is 24.0 Å². The zero-order chi connectivity index (χ0) is 51.1. The second-order valence-corrected chi connectivity index (χ2v) is 21.6. The number of hydrogen-bond acceptors (Lipinski definition) is 10. The molecule has 1 aliphatic heterocycles. The van der Waals surface area contributed by atoms with Crippen molar-refractivity contribution in [2.75, 3.05) is 26.9 Å². The molecule has 1 aliphatic carbocycles. The van der Waals surface area contributed by atoms with E-state index in [0.29, 0.717) is 41.5 Å². The maximum atomic E-state index is 14.1. The summed E-state index contributed by atoms with van der Waals surface area (Å²) < 4.78 is 12.1. The van der Waals surface area contributed by atoms with Gasteiger partial charge in [-0.05, 0) is 79.6 Å². The van der Waals surface area contributed by atoms with E-state index in [9.17, 15) is 24.3 Å². The summed E-state index contributed by atoms with van der Waals surface area (Å²) in [5, 5.41) is 18.2. The average molecular weight is 994 g/mol. The first-order valence-electron chi connectivity index (χ1n) is 23.5. The van der Waals surface area contributed by atoms with Gasteiger partial charge in [0.25, 0.3) is 5.91 Å². The molecule has 1 saturated carbocycles. The zero-order valence-electron chi connectivity index (χ0n) is 41.7. The molecule has 0 radical (unpaired) electrons. The number of unbranched alkanes of at least 4 members (excludes halogenated alkanes) is 2. The van der Waals surface area contributed by atoms with Crippen LogP contribution in [0.3, 0.4) is 0 Å². The minimum atomic E-state index is -0.968. The van der Waals surface area contributed by atoms with E-state index in [-0.39, 0.29) is 49.6 Å². The first-order valence-corrected chi connectivity index (χ1v) is 24.8. The van der Waals surface area contributed by atoms with Crippen molar-refractivity contribution in [1.29, 1.82) is 0 Å². The number of carbonyl (C=O) groups is 4. The van der Waals surface area contributed by atoms with Gasteiger partial charge >= 0.3 is 0 Å². The number of hydroxylamine groups is 2. The second kappa shape index (κ2) is 22.5. The third-order valence-electron chi connectivity index (χ3n) is 13.2. The molecule has 14 nitrogen and oxygen atoms in total. The van der Waals surface area contributed by atoms with E-state index in [2.05, 4.69) is 32.3 Å². The highest BCUT2D eigenvalue weighted by Gasteiger charge is 2.67. The van der Waals surface area contributed by atoms with Crippen molar-refractivity contribution in [2.24, 2.45) is 16.2 Å². The molecule has 2 unspecified atom stereocenters. The van der Waals surface area contributed by atoms with Crippen LogP contribution in [0.1, 0.15) is 114 Å². The number of nitrogens with one attached hydrogen (secondary N) is 2. The van der Waals surface area contributed by atoms with Gasteiger partial charge in [-0.15, -0.1) is 11.3 Å². The number of halogens is 1. The van der Waals surface area contributed by atoms with Gasteiger partial charge in [-0.2, -0.15) is 0 Å². The second-order valence-electron chi connectivity index (χ2n) is 20.4. The molecule has 372 valence electrons. The summed E-state index contributed by atoms with van der Waals surface area (Å²) in [6.07, 6.45) is 0.898. The van der Waals surface area contributed by atoms with E-state index < -0.39 is 46.2 Å². The number of ether oxygens (including phenoxy) is 2. The summed E-state index contributed by atoms with van der Waals surface area (Å²) >= 11 is 7.84. The molecule has 2 heterocycles. The largest absolute Gasteiger partial charge is 0.489 e. The Morgan fingerprint density at radius 2 is 1.71 bits per heavy atom. The molecule has 1 saturated heterocycles. The smallest absolute Gasteiger partial charge is 0.277 e. The van der Waals surface area contributed by atoms with E-state index in [1.165, 1.54) is 17.1 Å². The van der Waals surface area contributed by atoms with Gasteiger partial charge in [-0.25, -0.2) is 14.9 Å². The molecule has 4 amide bonds. The number of benzene rings is 3. The number of nitrogens with zero attached hydrogens (tertiary/aromatic N) is 4. The van der Waals surface area contributed by atoms with Crippen LogP contribution in [0.5, 0.6) is 5.75 Å². The molecule has 3 aromatic carbocycles. The SMILES string of the molecule is [C-]#[N+]c1ccc(OC2C(C)(C)C(N(OC)C(=O)c3ccc(C#CCCCCOCC(=O)N[C@H](C(=O)N4CC(O)CC4C(=O)N[C@@H](C)c4ccc(-c5scnc5C)cc4)C(C)(C)C)cc3)C2(C)C)cc1Cl. The van der Waals surface area contributed by atoms with E-state index in [0.717, 1.165) is 33.7 Å². The Balaban J connectivity index is 0.932. The zero-order valence-corrected chi connectivity index (χ0v) is 43.3. The topological polar surface area (TPSA) is 164 Å². The number of carbonyl (C=O) groups excluding carboxylic acids is 4. The summed E-state index contributed by atoms with van der Waals surface area (Å²) in [7, 11) is 1.49. The number of β-amino-alcohol motifs (C(OH)–C–C–N with tert-alkyl or cyclic N) is 1. The Hall–Kier alpha value is -5.81. The number of aliphatic hydroxyl groups is 1. The minimum Gasteiger partial charge on any atom is -0.489 e. The first-order chi connectivity index (χ1) is 33.1. The van der Waals surface area contributed by atoms with Crippen molar-refractivity contribution in [2.45, 2.75) is 124 Å². The van der Waals surface area contributed by atoms with Crippen LogP contribution in [0.2, 0.25) is 5.02 Å². The van der Waals surface area contributed by atoms with Crippen LogP contribution in [0, 0.1) is 41.6 Å². The quantitative estimate of drug-likeness (QED) is 0.0405. The third-order valence-corrected chi connectivity index (χ3v) is 14.5. The van der Waals surface area contributed by atoms with Gasteiger partial charge in [0.2, 0.25) is 23.4 Å². The maximum Gasteiger partial charge on any atom is 0.277 e. The molecule has 16 heteroatoms. The number of aromatic nitrogens is 1. The molecule has 6 rings (SSSR count). The molecule has 0 bridgehead atoms. The number of rotatable bonds is 17. The summed E-state index contributed by atoms with van der Waals surface area (Å²) in [6.45, 7) is 24.8. The molecule has 2 aliphatic rings. The van der Waals surface area contributed by atoms with Crippen LogP contribution < -0.4 is 15.4 Å². The van der Waals surface area contributed by atoms with Crippen LogP contribution in [0.4, 0.5) is 5.69 Å². The predicted molar refractivity (Wildman–Crippen MR) is 271 cm³/mol. The normalized spacial score (nSPS) is 19.9. The lowest BCUT2D eigenvalue weighted by Gasteiger charge is -2.64. The summed E-state index contributed by atoms with van der Waals surface area (Å²) in [6, 6.07) is 17.5. The van der Waals surface area contributed by atoms with Gasteiger partial charge in [0, 0.05) is 48.0 Å².